The van der Waals surface area contributed by atoms with Crippen LogP contribution in [-0.4, -0.2) is 30.3 Å². The van der Waals surface area contributed by atoms with Gasteiger partial charge in [-0.3, -0.25) is 0 Å². The number of hydrogen-bond acceptors (Lipinski definition) is 3. The van der Waals surface area contributed by atoms with Crippen LogP contribution in [0.4, 0.5) is 0 Å². The molecule has 84 valence electrons. The van der Waals surface area contributed by atoms with Crippen molar-refractivity contribution in [3.05, 3.63) is 0 Å². The third-order valence-corrected chi connectivity index (χ3v) is 4.24. The first kappa shape index (κ1) is 12.3. The van der Waals surface area contributed by atoms with Crippen molar-refractivity contribution in [2.75, 3.05) is 18.9 Å². The first-order valence-corrected chi connectivity index (χ1v) is 6.85. The van der Waals surface area contributed by atoms with Gasteiger partial charge in [-0.2, -0.15) is 11.8 Å². The first-order chi connectivity index (χ1) is 6.86. The molecule has 0 amide bonds. The average molecular weight is 217 g/mol. The Morgan fingerprint density at radius 3 is 2.64 bits per heavy atom. The van der Waals surface area contributed by atoms with E-state index in [2.05, 4.69) is 11.8 Å². The fraction of sp³-hybridized carbons (Fsp3) is 1.00. The molecular formula is C11H23NOS. The molecule has 0 aromatic rings. The third kappa shape index (κ3) is 4.67. The summed E-state index contributed by atoms with van der Waals surface area (Å²) in [7, 11) is 0. The van der Waals surface area contributed by atoms with E-state index in [1.807, 2.05) is 6.92 Å². The van der Waals surface area contributed by atoms with E-state index < -0.39 is 0 Å². The number of rotatable bonds is 6. The second-order valence-electron chi connectivity index (χ2n) is 3.91. The molecule has 1 aliphatic rings. The minimum atomic E-state index is 0.270. The molecule has 1 unspecified atom stereocenters. The Kier molecular flexibility index (Phi) is 6.65. The topological polar surface area (TPSA) is 35.2 Å². The lowest BCUT2D eigenvalue weighted by molar-refractivity contribution is 0.0857. The van der Waals surface area contributed by atoms with E-state index >= 15 is 0 Å². The monoisotopic (exact) mass is 217 g/mol. The maximum Gasteiger partial charge on any atom is 0.0787 e. The second kappa shape index (κ2) is 7.55. The van der Waals surface area contributed by atoms with Gasteiger partial charge >= 0.3 is 0 Å². The molecule has 3 heteroatoms. The van der Waals surface area contributed by atoms with Gasteiger partial charge in [0.2, 0.25) is 0 Å². The molecule has 0 aliphatic heterocycles. The Bertz CT molecular complexity index is 132. The smallest absolute Gasteiger partial charge is 0.0787 e. The molecule has 0 bridgehead atoms. The van der Waals surface area contributed by atoms with E-state index in [0.29, 0.717) is 6.54 Å². The first-order valence-electron chi connectivity index (χ1n) is 5.80. The summed E-state index contributed by atoms with van der Waals surface area (Å²) in [4.78, 5) is 0. The summed E-state index contributed by atoms with van der Waals surface area (Å²) in [5, 5.41) is 0.873. The fourth-order valence-electron chi connectivity index (χ4n) is 1.90. The van der Waals surface area contributed by atoms with Crippen LogP contribution >= 0.6 is 11.8 Å². The Hall–Kier alpha value is 0.270. The maximum absolute atomic E-state index is 5.64. The average Bonchev–Trinajstić information content (AvgIpc) is 2.25. The van der Waals surface area contributed by atoms with Crippen LogP contribution < -0.4 is 5.73 Å². The highest BCUT2D eigenvalue weighted by Gasteiger charge is 2.15. The molecule has 0 spiro atoms. The molecule has 0 aromatic carbocycles. The highest BCUT2D eigenvalue weighted by Crippen LogP contribution is 2.28. The van der Waals surface area contributed by atoms with Crippen molar-refractivity contribution >= 4 is 11.8 Å². The molecule has 1 aliphatic carbocycles. The van der Waals surface area contributed by atoms with Gasteiger partial charge in [0.05, 0.1) is 6.10 Å². The lowest BCUT2D eigenvalue weighted by Crippen LogP contribution is -2.27. The number of thioether (sulfide) groups is 1. The summed E-state index contributed by atoms with van der Waals surface area (Å²) < 4.78 is 5.54. The summed E-state index contributed by atoms with van der Waals surface area (Å²) in [5.41, 5.74) is 5.64. The van der Waals surface area contributed by atoms with Crippen molar-refractivity contribution in [2.45, 2.75) is 50.4 Å². The summed E-state index contributed by atoms with van der Waals surface area (Å²) in [5.74, 6) is 1.08. The SMILES string of the molecule is CCOC(CN)CSC1CCCCC1. The molecule has 1 rings (SSSR count). The lowest BCUT2D eigenvalue weighted by atomic mass is 10.0. The van der Waals surface area contributed by atoms with E-state index in [1.165, 1.54) is 32.1 Å². The summed E-state index contributed by atoms with van der Waals surface area (Å²) in [6.45, 7) is 3.48. The number of nitrogens with two attached hydrogens (primary N) is 1. The van der Waals surface area contributed by atoms with E-state index in [-0.39, 0.29) is 6.10 Å². The van der Waals surface area contributed by atoms with Crippen LogP contribution in [0, 0.1) is 0 Å². The van der Waals surface area contributed by atoms with Crippen molar-refractivity contribution in [2.24, 2.45) is 5.73 Å². The zero-order valence-electron chi connectivity index (χ0n) is 9.21. The molecule has 0 saturated heterocycles. The molecule has 0 radical (unpaired) electrons. The van der Waals surface area contributed by atoms with Crippen LogP contribution in [0.5, 0.6) is 0 Å². The maximum atomic E-state index is 5.64. The Balaban J connectivity index is 2.10. The van der Waals surface area contributed by atoms with Gasteiger partial charge in [-0.25, -0.2) is 0 Å². The lowest BCUT2D eigenvalue weighted by Gasteiger charge is -2.23. The highest BCUT2D eigenvalue weighted by atomic mass is 32.2. The summed E-state index contributed by atoms with van der Waals surface area (Å²) in [6.07, 6.45) is 7.33. The fourth-order valence-corrected chi connectivity index (χ4v) is 3.28. The number of hydrogen-bond donors (Lipinski definition) is 1. The van der Waals surface area contributed by atoms with Gasteiger partial charge in [0.15, 0.2) is 0 Å². The van der Waals surface area contributed by atoms with Gasteiger partial charge in [-0.15, -0.1) is 0 Å². The van der Waals surface area contributed by atoms with Crippen LogP contribution in [0.25, 0.3) is 0 Å². The van der Waals surface area contributed by atoms with Crippen LogP contribution in [0.15, 0.2) is 0 Å². The molecule has 2 N–H and O–H groups in total. The van der Waals surface area contributed by atoms with Gasteiger partial charge in [0.1, 0.15) is 0 Å². The van der Waals surface area contributed by atoms with E-state index in [0.717, 1.165) is 17.6 Å². The molecule has 14 heavy (non-hydrogen) atoms. The molecular weight excluding hydrogens is 194 g/mol. The van der Waals surface area contributed by atoms with Crippen molar-refractivity contribution in [1.29, 1.82) is 0 Å². The largest absolute Gasteiger partial charge is 0.376 e. The van der Waals surface area contributed by atoms with Crippen LogP contribution in [0.3, 0.4) is 0 Å². The van der Waals surface area contributed by atoms with Crippen LogP contribution in [0.1, 0.15) is 39.0 Å². The number of ether oxygens (including phenoxy) is 1. The van der Waals surface area contributed by atoms with Gasteiger partial charge in [-0.05, 0) is 19.8 Å². The second-order valence-corrected chi connectivity index (χ2v) is 5.24. The van der Waals surface area contributed by atoms with E-state index in [4.69, 9.17) is 10.5 Å². The zero-order valence-corrected chi connectivity index (χ0v) is 10.0. The quantitative estimate of drug-likeness (QED) is 0.742. The van der Waals surface area contributed by atoms with E-state index in [1.54, 1.807) is 0 Å². The summed E-state index contributed by atoms with van der Waals surface area (Å²) >= 11 is 2.06. The highest BCUT2D eigenvalue weighted by molar-refractivity contribution is 7.99. The molecule has 1 saturated carbocycles. The minimum Gasteiger partial charge on any atom is -0.376 e. The molecule has 0 heterocycles. The molecule has 0 aromatic heterocycles. The molecule has 1 fully saturated rings. The van der Waals surface area contributed by atoms with Gasteiger partial charge < -0.3 is 10.5 Å². The van der Waals surface area contributed by atoms with Crippen LogP contribution in [-0.2, 0) is 4.74 Å². The van der Waals surface area contributed by atoms with Crippen LogP contribution in [0.2, 0.25) is 0 Å². The van der Waals surface area contributed by atoms with Crippen molar-refractivity contribution in [1.82, 2.24) is 0 Å². The van der Waals surface area contributed by atoms with Gasteiger partial charge in [0.25, 0.3) is 0 Å². The Morgan fingerprint density at radius 1 is 1.36 bits per heavy atom. The predicted molar refractivity (Wildman–Crippen MR) is 63.8 cm³/mol. The Labute approximate surface area is 92.0 Å². The molecule has 1 atom stereocenters. The standard InChI is InChI=1S/C11H23NOS/c1-2-13-10(8-12)9-14-11-6-4-3-5-7-11/h10-11H,2-9,12H2,1H3. The zero-order chi connectivity index (χ0) is 10.2. The van der Waals surface area contributed by atoms with Gasteiger partial charge in [0, 0.05) is 24.2 Å². The summed E-state index contributed by atoms with van der Waals surface area (Å²) in [6, 6.07) is 0. The normalized spacial score (nSPS) is 21.0. The minimum absolute atomic E-state index is 0.270. The van der Waals surface area contributed by atoms with Crippen molar-refractivity contribution < 1.29 is 4.74 Å². The van der Waals surface area contributed by atoms with Gasteiger partial charge in [-0.1, -0.05) is 19.3 Å². The van der Waals surface area contributed by atoms with Crippen molar-refractivity contribution in [3.63, 3.8) is 0 Å². The van der Waals surface area contributed by atoms with Crippen molar-refractivity contribution in [3.8, 4) is 0 Å². The van der Waals surface area contributed by atoms with E-state index in [9.17, 15) is 0 Å². The Morgan fingerprint density at radius 2 is 2.07 bits per heavy atom. The third-order valence-electron chi connectivity index (χ3n) is 2.74. The predicted octanol–water partition coefficient (Wildman–Crippen LogP) is 2.42. The molecule has 2 nitrogen and oxygen atoms in total.